The highest BCUT2D eigenvalue weighted by molar-refractivity contribution is 7.98. The number of nitrogens with one attached hydrogen (secondary N) is 1. The fraction of sp³-hybridized carbons (Fsp3) is 0.588. The van der Waals surface area contributed by atoms with Gasteiger partial charge in [0, 0.05) is 23.8 Å². The van der Waals surface area contributed by atoms with E-state index in [1.807, 2.05) is 6.26 Å². The number of thioether (sulfide) groups is 1. The van der Waals surface area contributed by atoms with E-state index in [2.05, 4.69) is 5.32 Å². The minimum atomic E-state index is -3.55. The Morgan fingerprint density at radius 3 is 2.54 bits per heavy atom. The van der Waals surface area contributed by atoms with Crippen LogP contribution in [0.5, 0.6) is 0 Å². The van der Waals surface area contributed by atoms with Gasteiger partial charge in [0.05, 0.1) is 23.9 Å². The monoisotopic (exact) mass is 401 g/mol. The van der Waals surface area contributed by atoms with Crippen LogP contribution in [0, 0.1) is 5.92 Å². The van der Waals surface area contributed by atoms with Crippen LogP contribution in [-0.4, -0.2) is 56.7 Å². The molecule has 1 aromatic carbocycles. The maximum atomic E-state index is 12.9. The van der Waals surface area contributed by atoms with Crippen LogP contribution in [0.25, 0.3) is 0 Å². The normalized spacial score (nSPS) is 25.3. The predicted octanol–water partition coefficient (Wildman–Crippen LogP) is 2.36. The zero-order chi connectivity index (χ0) is 18.8. The lowest BCUT2D eigenvalue weighted by Crippen LogP contribution is -2.51. The third-order valence-electron chi connectivity index (χ3n) is 4.95. The van der Waals surface area contributed by atoms with Crippen molar-refractivity contribution in [2.24, 2.45) is 5.92 Å². The van der Waals surface area contributed by atoms with E-state index in [9.17, 15) is 13.2 Å². The third kappa shape index (κ3) is 4.33. The molecule has 0 radical (unpaired) electrons. The Hall–Kier alpha value is -1.29. The van der Waals surface area contributed by atoms with Crippen molar-refractivity contribution in [1.82, 2.24) is 5.32 Å². The molecular weight excluding hydrogens is 378 g/mol. The van der Waals surface area contributed by atoms with Crippen LogP contribution in [0.3, 0.4) is 0 Å². The molecule has 7 nitrogen and oxygen atoms in total. The molecule has 1 heterocycles. The summed E-state index contributed by atoms with van der Waals surface area (Å²) in [4.78, 5) is 12.3. The third-order valence-corrected chi connectivity index (χ3v) is 7.55. The summed E-state index contributed by atoms with van der Waals surface area (Å²) in [5.41, 5.74) is 0. The van der Waals surface area contributed by atoms with Crippen molar-refractivity contribution in [3.05, 3.63) is 24.3 Å². The van der Waals surface area contributed by atoms with Crippen molar-refractivity contribution in [3.63, 3.8) is 0 Å². The fourth-order valence-corrected chi connectivity index (χ4v) is 5.76. The summed E-state index contributed by atoms with van der Waals surface area (Å²) in [6.07, 6.45) is 2.18. The van der Waals surface area contributed by atoms with Crippen LogP contribution in [0.4, 0.5) is 4.79 Å². The molecule has 2 aliphatic rings. The summed E-state index contributed by atoms with van der Waals surface area (Å²) in [5, 5.41) is 11.6. The first-order valence-electron chi connectivity index (χ1n) is 8.48. The molecule has 1 aromatic rings. The second-order valence-electron chi connectivity index (χ2n) is 6.62. The molecule has 1 saturated carbocycles. The van der Waals surface area contributed by atoms with E-state index in [1.54, 1.807) is 36.0 Å². The Morgan fingerprint density at radius 1 is 1.31 bits per heavy atom. The van der Waals surface area contributed by atoms with Gasteiger partial charge in [0.1, 0.15) is 0 Å². The van der Waals surface area contributed by atoms with E-state index in [1.165, 1.54) is 0 Å². The second-order valence-corrected chi connectivity index (χ2v) is 9.54. The second kappa shape index (κ2) is 7.75. The number of hydrogen-bond acceptors (Lipinski definition) is 6. The standard InChI is InChI=1S/C17H23NO6S2/c1-25-13-2-4-14(5-3-13)26(21,22)11-12-10-17(23-8-9-24-17)7-6-15(12)18-16(19)20/h2-5,12,15,18H,6-11H2,1H3,(H,19,20). The van der Waals surface area contributed by atoms with Crippen LogP contribution in [0.15, 0.2) is 34.1 Å². The summed E-state index contributed by atoms with van der Waals surface area (Å²) in [7, 11) is -3.55. The van der Waals surface area contributed by atoms with Crippen molar-refractivity contribution in [2.75, 3.05) is 25.2 Å². The summed E-state index contributed by atoms with van der Waals surface area (Å²) < 4.78 is 37.2. The number of ether oxygens (including phenoxy) is 2. The molecule has 26 heavy (non-hydrogen) atoms. The quantitative estimate of drug-likeness (QED) is 0.730. The molecule has 1 spiro atoms. The molecule has 144 valence electrons. The first-order valence-corrected chi connectivity index (χ1v) is 11.4. The van der Waals surface area contributed by atoms with Crippen molar-refractivity contribution in [1.29, 1.82) is 0 Å². The van der Waals surface area contributed by atoms with Crippen molar-refractivity contribution >= 4 is 27.7 Å². The molecule has 0 bridgehead atoms. The largest absolute Gasteiger partial charge is 0.465 e. The Balaban J connectivity index is 1.80. The molecule has 1 aliphatic carbocycles. The molecule has 1 amide bonds. The minimum Gasteiger partial charge on any atom is -0.465 e. The van der Waals surface area contributed by atoms with Crippen LogP contribution in [-0.2, 0) is 19.3 Å². The van der Waals surface area contributed by atoms with Gasteiger partial charge in [-0.2, -0.15) is 0 Å². The number of rotatable bonds is 5. The lowest BCUT2D eigenvalue weighted by molar-refractivity contribution is -0.188. The van der Waals surface area contributed by atoms with Crippen LogP contribution >= 0.6 is 11.8 Å². The maximum Gasteiger partial charge on any atom is 0.404 e. The average Bonchev–Trinajstić information content (AvgIpc) is 3.05. The number of benzene rings is 1. The zero-order valence-corrected chi connectivity index (χ0v) is 16.1. The number of amides is 1. The van der Waals surface area contributed by atoms with Gasteiger partial charge in [0.15, 0.2) is 15.6 Å². The SMILES string of the molecule is CSc1ccc(S(=O)(=O)CC2CC3(CCC2NC(=O)O)OCCO3)cc1. The lowest BCUT2D eigenvalue weighted by Gasteiger charge is -2.40. The van der Waals surface area contributed by atoms with E-state index < -0.39 is 33.7 Å². The molecular formula is C17H23NO6S2. The van der Waals surface area contributed by atoms with Gasteiger partial charge in [0.2, 0.25) is 0 Å². The molecule has 2 atom stereocenters. The van der Waals surface area contributed by atoms with Gasteiger partial charge in [-0.3, -0.25) is 0 Å². The molecule has 3 rings (SSSR count). The Kier molecular flexibility index (Phi) is 5.81. The summed E-state index contributed by atoms with van der Waals surface area (Å²) >= 11 is 1.54. The molecule has 1 aliphatic heterocycles. The molecule has 2 fully saturated rings. The van der Waals surface area contributed by atoms with E-state index in [4.69, 9.17) is 14.6 Å². The molecule has 0 aromatic heterocycles. The maximum absolute atomic E-state index is 12.9. The zero-order valence-electron chi connectivity index (χ0n) is 14.5. The van der Waals surface area contributed by atoms with Gasteiger partial charge < -0.3 is 19.9 Å². The van der Waals surface area contributed by atoms with Gasteiger partial charge in [-0.1, -0.05) is 0 Å². The first-order chi connectivity index (χ1) is 12.3. The van der Waals surface area contributed by atoms with Crippen molar-refractivity contribution in [3.8, 4) is 0 Å². The minimum absolute atomic E-state index is 0.148. The number of sulfone groups is 1. The smallest absolute Gasteiger partial charge is 0.404 e. The van der Waals surface area contributed by atoms with Gasteiger partial charge >= 0.3 is 6.09 Å². The highest BCUT2D eigenvalue weighted by Crippen LogP contribution is 2.40. The van der Waals surface area contributed by atoms with E-state index in [0.29, 0.717) is 32.5 Å². The summed E-state index contributed by atoms with van der Waals surface area (Å²) in [6, 6.07) is 6.31. The van der Waals surface area contributed by atoms with Crippen LogP contribution in [0.1, 0.15) is 19.3 Å². The van der Waals surface area contributed by atoms with Crippen LogP contribution in [0.2, 0.25) is 0 Å². The number of hydrogen-bond donors (Lipinski definition) is 2. The van der Waals surface area contributed by atoms with E-state index in [-0.39, 0.29) is 10.6 Å². The Labute approximate surface area is 157 Å². The molecule has 2 unspecified atom stereocenters. The van der Waals surface area contributed by atoms with E-state index >= 15 is 0 Å². The van der Waals surface area contributed by atoms with Crippen molar-refractivity contribution < 1.29 is 27.8 Å². The van der Waals surface area contributed by atoms with Crippen LogP contribution < -0.4 is 5.32 Å². The number of carbonyl (C=O) groups is 1. The lowest BCUT2D eigenvalue weighted by atomic mass is 9.81. The molecule has 2 N–H and O–H groups in total. The summed E-state index contributed by atoms with van der Waals surface area (Å²) in [6.45, 7) is 0.958. The molecule has 1 saturated heterocycles. The number of carboxylic acid groups (broad SMARTS) is 1. The van der Waals surface area contributed by atoms with Gasteiger partial charge in [-0.25, -0.2) is 13.2 Å². The topological polar surface area (TPSA) is 102 Å². The van der Waals surface area contributed by atoms with E-state index in [0.717, 1.165) is 4.90 Å². The predicted molar refractivity (Wildman–Crippen MR) is 97.2 cm³/mol. The van der Waals surface area contributed by atoms with Gasteiger partial charge in [0.25, 0.3) is 0 Å². The van der Waals surface area contributed by atoms with Gasteiger partial charge in [-0.15, -0.1) is 11.8 Å². The average molecular weight is 402 g/mol. The fourth-order valence-electron chi connectivity index (χ4n) is 3.70. The summed E-state index contributed by atoms with van der Waals surface area (Å²) in [5.74, 6) is -1.34. The Bertz CT molecular complexity index is 743. The Morgan fingerprint density at radius 2 is 1.96 bits per heavy atom. The first kappa shape index (κ1) is 19.5. The van der Waals surface area contributed by atoms with Gasteiger partial charge in [-0.05, 0) is 42.9 Å². The van der Waals surface area contributed by atoms with Crippen molar-refractivity contribution in [2.45, 2.75) is 40.9 Å². The highest BCUT2D eigenvalue weighted by atomic mass is 32.2. The molecule has 9 heteroatoms. The highest BCUT2D eigenvalue weighted by Gasteiger charge is 2.46.